The molecule has 0 saturated heterocycles. The number of rotatable bonds is 0. The summed E-state index contributed by atoms with van der Waals surface area (Å²) in [5.41, 5.74) is 5.19. The van der Waals surface area contributed by atoms with Gasteiger partial charge in [0.15, 0.2) is 0 Å². The van der Waals surface area contributed by atoms with E-state index in [1.807, 2.05) is 0 Å². The van der Waals surface area contributed by atoms with Crippen LogP contribution in [-0.2, 0) is 10.8 Å². The van der Waals surface area contributed by atoms with Crippen LogP contribution in [0.5, 0.6) is 0 Å². The zero-order valence-electron chi connectivity index (χ0n) is 12.7. The summed E-state index contributed by atoms with van der Waals surface area (Å²) in [5, 5.41) is 3.67. The van der Waals surface area contributed by atoms with Crippen LogP contribution in [0.15, 0.2) is 18.2 Å². The van der Waals surface area contributed by atoms with Gasteiger partial charge in [-0.15, -0.1) is 0 Å². The zero-order chi connectivity index (χ0) is 13.5. The summed E-state index contributed by atoms with van der Waals surface area (Å²) in [5.74, 6) is 0. The van der Waals surface area contributed by atoms with Crippen LogP contribution in [0.25, 0.3) is 0 Å². The number of nitrogens with one attached hydrogen (secondary N) is 1. The first-order chi connectivity index (χ1) is 9.01. The molecular weight excluding hydrogens is 230 g/mol. The molecule has 1 N–H and O–H groups in total. The number of fused-ring (bicyclic) bond motifs is 2. The standard InChI is InChI=1S/C18H27N/c1-17(2,3)14-8-9-16-15(12-14)18(13-19-16)10-6-4-5-7-11-18/h8-9,12,19H,4-7,10-11,13H2,1-3H3. The van der Waals surface area contributed by atoms with E-state index in [4.69, 9.17) is 0 Å². The highest BCUT2D eigenvalue weighted by atomic mass is 14.9. The normalized spacial score (nSPS) is 21.8. The largest absolute Gasteiger partial charge is 0.384 e. The molecular formula is C18H27N. The van der Waals surface area contributed by atoms with Gasteiger partial charge in [0.25, 0.3) is 0 Å². The molecule has 1 saturated carbocycles. The van der Waals surface area contributed by atoms with Gasteiger partial charge in [0.2, 0.25) is 0 Å². The molecule has 1 aromatic rings. The van der Waals surface area contributed by atoms with E-state index in [2.05, 4.69) is 44.3 Å². The average molecular weight is 257 g/mol. The lowest BCUT2D eigenvalue weighted by atomic mass is 9.74. The molecule has 0 radical (unpaired) electrons. The predicted molar refractivity (Wildman–Crippen MR) is 83.0 cm³/mol. The van der Waals surface area contributed by atoms with Crippen LogP contribution in [0.2, 0.25) is 0 Å². The Morgan fingerprint density at radius 2 is 1.68 bits per heavy atom. The Balaban J connectivity index is 2.02. The van der Waals surface area contributed by atoms with Crippen LogP contribution in [0.4, 0.5) is 5.69 Å². The molecule has 104 valence electrons. The van der Waals surface area contributed by atoms with Crippen LogP contribution in [0.1, 0.15) is 70.4 Å². The van der Waals surface area contributed by atoms with Crippen molar-refractivity contribution >= 4 is 5.69 Å². The fourth-order valence-electron chi connectivity index (χ4n) is 3.81. The van der Waals surface area contributed by atoms with Gasteiger partial charge in [-0.25, -0.2) is 0 Å². The van der Waals surface area contributed by atoms with Crippen LogP contribution >= 0.6 is 0 Å². The van der Waals surface area contributed by atoms with Crippen molar-refractivity contribution in [2.24, 2.45) is 0 Å². The molecule has 1 aromatic carbocycles. The van der Waals surface area contributed by atoms with E-state index in [0.29, 0.717) is 5.41 Å². The molecule has 1 heterocycles. The minimum atomic E-state index is 0.254. The van der Waals surface area contributed by atoms with Crippen molar-refractivity contribution in [3.63, 3.8) is 0 Å². The second kappa shape index (κ2) is 4.54. The summed E-state index contributed by atoms with van der Waals surface area (Å²) in [6.07, 6.45) is 8.41. The third-order valence-electron chi connectivity index (χ3n) is 5.13. The van der Waals surface area contributed by atoms with Gasteiger partial charge in [-0.2, -0.15) is 0 Å². The van der Waals surface area contributed by atoms with E-state index in [1.54, 1.807) is 5.56 Å². The highest BCUT2D eigenvalue weighted by molar-refractivity contribution is 5.62. The molecule has 1 heteroatoms. The molecule has 0 aromatic heterocycles. The van der Waals surface area contributed by atoms with E-state index in [-0.39, 0.29) is 5.41 Å². The summed E-state index contributed by atoms with van der Waals surface area (Å²) in [7, 11) is 0. The van der Waals surface area contributed by atoms with Gasteiger partial charge in [-0.3, -0.25) is 0 Å². The smallest absolute Gasteiger partial charge is 0.0379 e. The second-order valence-corrected chi connectivity index (χ2v) is 7.56. The Hall–Kier alpha value is -0.980. The summed E-state index contributed by atoms with van der Waals surface area (Å²) >= 11 is 0. The number of hydrogen-bond donors (Lipinski definition) is 1. The lowest BCUT2D eigenvalue weighted by Gasteiger charge is -2.29. The topological polar surface area (TPSA) is 12.0 Å². The van der Waals surface area contributed by atoms with Crippen LogP contribution < -0.4 is 5.32 Å². The van der Waals surface area contributed by atoms with Crippen molar-refractivity contribution in [2.75, 3.05) is 11.9 Å². The summed E-state index contributed by atoms with van der Waals surface area (Å²) in [6, 6.07) is 7.12. The molecule has 0 bridgehead atoms. The third kappa shape index (κ3) is 2.28. The van der Waals surface area contributed by atoms with E-state index < -0.39 is 0 Å². The van der Waals surface area contributed by atoms with Crippen molar-refractivity contribution in [3.05, 3.63) is 29.3 Å². The SMILES string of the molecule is CC(C)(C)c1ccc2c(c1)C1(CCCCCC1)CN2. The zero-order valence-corrected chi connectivity index (χ0v) is 12.7. The van der Waals surface area contributed by atoms with Gasteiger partial charge >= 0.3 is 0 Å². The minimum absolute atomic E-state index is 0.254. The third-order valence-corrected chi connectivity index (χ3v) is 5.13. The molecule has 1 fully saturated rings. The maximum absolute atomic E-state index is 3.67. The maximum atomic E-state index is 3.67. The van der Waals surface area contributed by atoms with E-state index in [9.17, 15) is 0 Å². The Bertz CT molecular complexity index is 459. The van der Waals surface area contributed by atoms with Crippen molar-refractivity contribution in [2.45, 2.75) is 70.1 Å². The van der Waals surface area contributed by atoms with E-state index >= 15 is 0 Å². The molecule has 1 aliphatic carbocycles. The number of hydrogen-bond acceptors (Lipinski definition) is 1. The van der Waals surface area contributed by atoms with Crippen molar-refractivity contribution in [1.29, 1.82) is 0 Å². The van der Waals surface area contributed by atoms with Crippen LogP contribution in [0.3, 0.4) is 0 Å². The molecule has 1 spiro atoms. The molecule has 1 nitrogen and oxygen atoms in total. The molecule has 0 atom stereocenters. The summed E-state index contributed by atoms with van der Waals surface area (Å²) in [6.45, 7) is 8.11. The monoisotopic (exact) mass is 257 g/mol. The lowest BCUT2D eigenvalue weighted by molar-refractivity contribution is 0.407. The molecule has 1 aliphatic heterocycles. The first-order valence-corrected chi connectivity index (χ1v) is 7.90. The van der Waals surface area contributed by atoms with Crippen LogP contribution in [0, 0.1) is 0 Å². The Morgan fingerprint density at radius 1 is 1.00 bits per heavy atom. The Morgan fingerprint density at radius 3 is 2.32 bits per heavy atom. The quantitative estimate of drug-likeness (QED) is 0.689. The molecule has 2 aliphatic rings. The van der Waals surface area contributed by atoms with Gasteiger partial charge in [-0.1, -0.05) is 58.6 Å². The predicted octanol–water partition coefficient (Wildman–Crippen LogP) is 5.00. The summed E-state index contributed by atoms with van der Waals surface area (Å²) in [4.78, 5) is 0. The van der Waals surface area contributed by atoms with E-state index in [0.717, 1.165) is 6.54 Å². The van der Waals surface area contributed by atoms with Gasteiger partial charge < -0.3 is 5.32 Å². The lowest BCUT2D eigenvalue weighted by Crippen LogP contribution is -2.28. The molecule has 0 unspecified atom stereocenters. The van der Waals surface area contributed by atoms with E-state index in [1.165, 1.54) is 49.8 Å². The highest BCUT2D eigenvalue weighted by Crippen LogP contribution is 2.46. The maximum Gasteiger partial charge on any atom is 0.0379 e. The number of benzene rings is 1. The molecule has 19 heavy (non-hydrogen) atoms. The highest BCUT2D eigenvalue weighted by Gasteiger charge is 2.39. The van der Waals surface area contributed by atoms with Gasteiger partial charge in [0, 0.05) is 17.6 Å². The van der Waals surface area contributed by atoms with Gasteiger partial charge in [-0.05, 0) is 35.4 Å². The molecule has 3 rings (SSSR count). The summed E-state index contributed by atoms with van der Waals surface area (Å²) < 4.78 is 0. The fraction of sp³-hybridized carbons (Fsp3) is 0.667. The van der Waals surface area contributed by atoms with Gasteiger partial charge in [0.1, 0.15) is 0 Å². The van der Waals surface area contributed by atoms with Crippen molar-refractivity contribution < 1.29 is 0 Å². The van der Waals surface area contributed by atoms with Crippen molar-refractivity contribution in [3.8, 4) is 0 Å². The first kappa shape index (κ1) is 13.0. The number of anilines is 1. The van der Waals surface area contributed by atoms with Crippen LogP contribution in [-0.4, -0.2) is 6.54 Å². The second-order valence-electron chi connectivity index (χ2n) is 7.56. The van der Waals surface area contributed by atoms with Gasteiger partial charge in [0.05, 0.1) is 0 Å². The average Bonchev–Trinajstić information content (AvgIpc) is 2.56. The Kier molecular flexibility index (Phi) is 3.11. The minimum Gasteiger partial charge on any atom is -0.384 e. The first-order valence-electron chi connectivity index (χ1n) is 7.90. The Labute approximate surface area is 117 Å². The van der Waals surface area contributed by atoms with Crippen molar-refractivity contribution in [1.82, 2.24) is 0 Å². The fourth-order valence-corrected chi connectivity index (χ4v) is 3.81. The molecule has 0 amide bonds.